The Balaban J connectivity index is 1.51. The molecule has 5 rings (SSSR count). The highest BCUT2D eigenvalue weighted by Gasteiger charge is 2.26. The Kier molecular flexibility index (Phi) is 11.2. The number of aromatic carboxylic acids is 1. The summed E-state index contributed by atoms with van der Waals surface area (Å²) in [4.78, 5) is 28.0. The van der Waals surface area contributed by atoms with Crippen LogP contribution in [-0.4, -0.2) is 95.7 Å². The number of methoxy groups -OCH3 is 2. The summed E-state index contributed by atoms with van der Waals surface area (Å²) in [6.45, 7) is 7.46. The Labute approximate surface area is 268 Å². The van der Waals surface area contributed by atoms with E-state index in [4.69, 9.17) is 30.8 Å². The van der Waals surface area contributed by atoms with Crippen molar-refractivity contribution in [1.82, 2.24) is 24.4 Å². The summed E-state index contributed by atoms with van der Waals surface area (Å²) in [5.41, 5.74) is 3.78. The molecule has 240 valence electrons. The number of rotatable bonds is 18. The van der Waals surface area contributed by atoms with Gasteiger partial charge in [0.25, 0.3) is 0 Å². The quantitative estimate of drug-likeness (QED) is 0.137. The van der Waals surface area contributed by atoms with E-state index in [1.54, 1.807) is 14.2 Å². The third kappa shape index (κ3) is 8.70. The van der Waals surface area contributed by atoms with Crippen LogP contribution >= 0.6 is 11.6 Å². The Morgan fingerprint density at radius 3 is 2.42 bits per heavy atom. The second kappa shape index (κ2) is 15.5. The first-order chi connectivity index (χ1) is 21.9. The van der Waals surface area contributed by atoms with Gasteiger partial charge in [0, 0.05) is 52.0 Å². The first-order valence-electron chi connectivity index (χ1n) is 15.3. The molecule has 1 fully saturated rings. The fourth-order valence-electron chi connectivity index (χ4n) is 5.14. The lowest BCUT2D eigenvalue weighted by Crippen LogP contribution is -2.32. The van der Waals surface area contributed by atoms with Gasteiger partial charge in [0.05, 0.1) is 25.4 Å². The number of carbonyl (C=O) groups is 1. The van der Waals surface area contributed by atoms with Crippen molar-refractivity contribution in [3.05, 3.63) is 64.4 Å². The number of halogens is 1. The van der Waals surface area contributed by atoms with E-state index >= 15 is 0 Å². The van der Waals surface area contributed by atoms with Crippen LogP contribution in [0.3, 0.4) is 0 Å². The Bertz CT molecular complexity index is 1580. The number of nitrogens with one attached hydrogen (secondary N) is 1. The number of carboxylic acid groups (broad SMARTS) is 1. The van der Waals surface area contributed by atoms with E-state index in [-0.39, 0.29) is 5.82 Å². The first kappa shape index (κ1) is 32.6. The third-order valence-electron chi connectivity index (χ3n) is 7.78. The lowest BCUT2D eigenvalue weighted by Gasteiger charge is -2.21. The van der Waals surface area contributed by atoms with Gasteiger partial charge in [-0.2, -0.15) is 0 Å². The first-order valence-corrected chi connectivity index (χ1v) is 15.7. The molecular weight excluding hydrogens is 596 g/mol. The minimum Gasteiger partial charge on any atom is -0.493 e. The molecule has 2 aromatic heterocycles. The van der Waals surface area contributed by atoms with Crippen LogP contribution in [0.2, 0.25) is 5.02 Å². The number of nitrogens with zero attached hydrogens (tertiary/aromatic N) is 5. The lowest BCUT2D eigenvalue weighted by molar-refractivity contribution is 0.0684. The molecule has 0 saturated heterocycles. The maximum atomic E-state index is 12.0. The van der Waals surface area contributed by atoms with Crippen molar-refractivity contribution in [3.63, 3.8) is 0 Å². The number of anilines is 1. The minimum atomic E-state index is -1.20. The third-order valence-corrected chi connectivity index (χ3v) is 8.03. The second-order valence-corrected chi connectivity index (χ2v) is 11.8. The number of carboxylic acids is 1. The molecule has 0 bridgehead atoms. The molecule has 12 heteroatoms. The number of aryl methyl sites for hydroxylation is 1. The Morgan fingerprint density at radius 1 is 1.02 bits per heavy atom. The molecule has 1 saturated carbocycles. The Hall–Kier alpha value is -3.77. The SMILES string of the molecule is COCCN(CCCOc1ccc(C)cc1-c1nc2nc(C(=O)O)nc(NCC3CC3)c2n1Cc1ccc(Cl)cc1)CCOC. The topological polar surface area (TPSA) is 124 Å². The molecule has 45 heavy (non-hydrogen) atoms. The standard InChI is InChI=1S/C33H41ClN6O5/c1-22-5-12-27(45-16-4-13-39(14-17-43-2)15-18-44-3)26(19-22)32-38-30-28(40(32)21-24-8-10-25(34)11-9-24)29(35-20-23-6-7-23)36-31(37-30)33(41)42/h5,8-12,19,23H,4,6-7,13-18,20-21H2,1-3H3,(H,41,42)(H,35,36,37). The number of ether oxygens (including phenoxy) is 3. The van der Waals surface area contributed by atoms with Gasteiger partial charge in [-0.1, -0.05) is 35.4 Å². The molecule has 0 atom stereocenters. The van der Waals surface area contributed by atoms with Crippen LogP contribution in [-0.2, 0) is 16.0 Å². The molecule has 0 spiro atoms. The van der Waals surface area contributed by atoms with Crippen molar-refractivity contribution in [2.75, 3.05) is 65.5 Å². The molecule has 0 radical (unpaired) electrons. The van der Waals surface area contributed by atoms with Gasteiger partial charge in [0.15, 0.2) is 11.5 Å². The smallest absolute Gasteiger partial charge is 0.374 e. The van der Waals surface area contributed by atoms with Gasteiger partial charge in [0.1, 0.15) is 17.1 Å². The van der Waals surface area contributed by atoms with Crippen LogP contribution in [0.4, 0.5) is 5.82 Å². The molecule has 11 nitrogen and oxygen atoms in total. The molecule has 2 heterocycles. The summed E-state index contributed by atoms with van der Waals surface area (Å²) in [5, 5.41) is 13.9. The molecule has 0 unspecified atom stereocenters. The van der Waals surface area contributed by atoms with Gasteiger partial charge in [0.2, 0.25) is 5.82 Å². The number of aromatic nitrogens is 4. The summed E-state index contributed by atoms with van der Waals surface area (Å²) in [6, 6.07) is 13.7. The zero-order valence-corrected chi connectivity index (χ0v) is 26.8. The van der Waals surface area contributed by atoms with Gasteiger partial charge in [-0.3, -0.25) is 4.90 Å². The number of imidazole rings is 1. The van der Waals surface area contributed by atoms with Gasteiger partial charge in [-0.15, -0.1) is 0 Å². The average molecular weight is 637 g/mol. The van der Waals surface area contributed by atoms with Gasteiger partial charge < -0.3 is 29.2 Å². The molecule has 2 N–H and O–H groups in total. The monoisotopic (exact) mass is 636 g/mol. The maximum absolute atomic E-state index is 12.0. The zero-order chi connectivity index (χ0) is 31.8. The van der Waals surface area contributed by atoms with E-state index in [0.717, 1.165) is 55.6 Å². The largest absolute Gasteiger partial charge is 0.493 e. The van der Waals surface area contributed by atoms with Gasteiger partial charge in [-0.25, -0.2) is 19.7 Å². The fraction of sp³-hybridized carbons (Fsp3) is 0.455. The van der Waals surface area contributed by atoms with Crippen LogP contribution in [0.15, 0.2) is 42.5 Å². The number of fused-ring (bicyclic) bond motifs is 1. The summed E-state index contributed by atoms with van der Waals surface area (Å²) < 4.78 is 19.0. The molecule has 1 aliphatic carbocycles. The van der Waals surface area contributed by atoms with E-state index in [9.17, 15) is 9.90 Å². The van der Waals surface area contributed by atoms with E-state index in [2.05, 4.69) is 20.2 Å². The number of benzene rings is 2. The van der Waals surface area contributed by atoms with Gasteiger partial charge in [-0.05, 0) is 61.9 Å². The van der Waals surface area contributed by atoms with Crippen LogP contribution in [0.1, 0.15) is 41.0 Å². The van der Waals surface area contributed by atoms with Crippen LogP contribution in [0, 0.1) is 12.8 Å². The lowest BCUT2D eigenvalue weighted by atomic mass is 10.1. The van der Waals surface area contributed by atoms with Crippen molar-refractivity contribution in [3.8, 4) is 17.1 Å². The predicted octanol–water partition coefficient (Wildman–Crippen LogP) is 5.39. The summed E-state index contributed by atoms with van der Waals surface area (Å²) in [6.07, 6.45) is 3.09. The molecule has 0 amide bonds. The van der Waals surface area contributed by atoms with Crippen molar-refractivity contribution in [1.29, 1.82) is 0 Å². The number of hydrogen-bond acceptors (Lipinski definition) is 9. The van der Waals surface area contributed by atoms with Crippen molar-refractivity contribution in [2.45, 2.75) is 32.7 Å². The van der Waals surface area contributed by atoms with Gasteiger partial charge >= 0.3 is 5.97 Å². The molecule has 1 aliphatic rings. The summed E-state index contributed by atoms with van der Waals surface area (Å²) in [5.74, 6) is 0.811. The van der Waals surface area contributed by atoms with Crippen molar-refractivity contribution >= 4 is 34.6 Å². The van der Waals surface area contributed by atoms with Crippen molar-refractivity contribution < 1.29 is 24.1 Å². The van der Waals surface area contributed by atoms with Crippen LogP contribution < -0.4 is 10.1 Å². The van der Waals surface area contributed by atoms with E-state index in [0.29, 0.717) is 72.4 Å². The maximum Gasteiger partial charge on any atom is 0.374 e. The molecular formula is C33H41ClN6O5. The normalized spacial score (nSPS) is 13.1. The van der Waals surface area contributed by atoms with E-state index < -0.39 is 5.97 Å². The predicted molar refractivity (Wildman–Crippen MR) is 175 cm³/mol. The molecule has 0 aliphatic heterocycles. The van der Waals surface area contributed by atoms with Crippen molar-refractivity contribution in [2.24, 2.45) is 5.92 Å². The second-order valence-electron chi connectivity index (χ2n) is 11.4. The molecule has 2 aromatic carbocycles. The Morgan fingerprint density at radius 2 is 1.76 bits per heavy atom. The number of hydrogen-bond donors (Lipinski definition) is 2. The molecule has 4 aromatic rings. The average Bonchev–Trinajstić information content (AvgIpc) is 3.80. The summed E-state index contributed by atoms with van der Waals surface area (Å²) in [7, 11) is 3.41. The highest BCUT2D eigenvalue weighted by atomic mass is 35.5. The van der Waals surface area contributed by atoms with Crippen LogP contribution in [0.25, 0.3) is 22.6 Å². The van der Waals surface area contributed by atoms with E-state index in [1.807, 2.05) is 54.0 Å². The minimum absolute atomic E-state index is 0.296. The summed E-state index contributed by atoms with van der Waals surface area (Å²) >= 11 is 6.20. The highest BCUT2D eigenvalue weighted by molar-refractivity contribution is 6.30. The highest BCUT2D eigenvalue weighted by Crippen LogP contribution is 2.36. The van der Waals surface area contributed by atoms with Crippen LogP contribution in [0.5, 0.6) is 5.75 Å². The zero-order valence-electron chi connectivity index (χ0n) is 26.1. The van der Waals surface area contributed by atoms with E-state index in [1.165, 1.54) is 0 Å². The fourth-order valence-corrected chi connectivity index (χ4v) is 5.27.